The Morgan fingerprint density at radius 3 is 2.56 bits per heavy atom. The summed E-state index contributed by atoms with van der Waals surface area (Å²) in [4.78, 5) is 35.2. The number of H-pyrrole nitrogens is 1. The van der Waals surface area contributed by atoms with Gasteiger partial charge in [-0.3, -0.25) is 14.5 Å². The van der Waals surface area contributed by atoms with Crippen LogP contribution in [0.25, 0.3) is 22.0 Å². The van der Waals surface area contributed by atoms with E-state index in [0.29, 0.717) is 12.2 Å². The molecule has 7 nitrogen and oxygen atoms in total. The molecule has 2 amide bonds. The molecule has 2 N–H and O–H groups in total. The molecule has 0 radical (unpaired) electrons. The molecule has 2 aromatic carbocycles. The Kier molecular flexibility index (Phi) is 5.91. The van der Waals surface area contributed by atoms with Gasteiger partial charge in [0.15, 0.2) is 0 Å². The van der Waals surface area contributed by atoms with Gasteiger partial charge in [-0.15, -0.1) is 0 Å². The molecule has 1 fully saturated rings. The number of nitrogens with one attached hydrogen (secondary N) is 2. The van der Waals surface area contributed by atoms with Gasteiger partial charge in [0.2, 0.25) is 5.91 Å². The van der Waals surface area contributed by atoms with Crippen molar-refractivity contribution >= 4 is 22.7 Å². The van der Waals surface area contributed by atoms with Crippen molar-refractivity contribution in [2.24, 2.45) is 0 Å². The molecule has 3 aromatic rings. The van der Waals surface area contributed by atoms with E-state index < -0.39 is 11.6 Å². The lowest BCUT2D eigenvalue weighted by Gasteiger charge is -2.40. The zero-order valence-electron chi connectivity index (χ0n) is 20.1. The Hall–Kier alpha value is -3.16. The summed E-state index contributed by atoms with van der Waals surface area (Å²) in [5.41, 5.74) is 3.51. The van der Waals surface area contributed by atoms with Gasteiger partial charge in [0.1, 0.15) is 11.7 Å². The molecule has 7 heteroatoms. The maximum atomic E-state index is 14.1. The Morgan fingerprint density at radius 1 is 1.09 bits per heavy atom. The first kappa shape index (κ1) is 22.6. The van der Waals surface area contributed by atoms with Crippen LogP contribution in [0.1, 0.15) is 42.9 Å². The number of aromatic nitrogens is 1. The molecule has 0 spiro atoms. The molecule has 178 valence electrons. The minimum absolute atomic E-state index is 0.154. The number of fused-ring (bicyclic) bond motifs is 5. The third kappa shape index (κ3) is 3.99. The van der Waals surface area contributed by atoms with Gasteiger partial charge in [0.05, 0.1) is 13.2 Å². The van der Waals surface area contributed by atoms with Crippen molar-refractivity contribution in [2.45, 2.75) is 32.4 Å². The summed E-state index contributed by atoms with van der Waals surface area (Å²) in [6, 6.07) is 15.1. The molecular formula is C27H32N4O3. The average molecular weight is 461 g/mol. The van der Waals surface area contributed by atoms with Crippen LogP contribution < -0.4 is 5.32 Å². The van der Waals surface area contributed by atoms with Crippen LogP contribution in [0.2, 0.25) is 0 Å². The van der Waals surface area contributed by atoms with E-state index in [2.05, 4.69) is 15.2 Å². The molecule has 1 saturated heterocycles. The fourth-order valence-corrected chi connectivity index (χ4v) is 5.13. The summed E-state index contributed by atoms with van der Waals surface area (Å²) in [6.45, 7) is 10.4. The standard InChI is InChI=1S/C27H32N4O3/c1-27(2,3)31-24(25(32)28-12-13-30-14-16-34-17-15-30)19-9-5-4-8-18(19)22-20-10-6-7-11-21(20)29-23(22)26(31)33/h4-11,24,29H,12-17H2,1-3H3,(H,28,32). The molecule has 0 saturated carbocycles. The van der Waals surface area contributed by atoms with E-state index in [1.807, 2.05) is 69.3 Å². The normalized spacial score (nSPS) is 19.0. The molecule has 3 heterocycles. The van der Waals surface area contributed by atoms with Crippen LogP contribution in [-0.4, -0.2) is 71.5 Å². The van der Waals surface area contributed by atoms with E-state index >= 15 is 0 Å². The van der Waals surface area contributed by atoms with Gasteiger partial charge in [0, 0.05) is 48.2 Å². The Bertz CT molecular complexity index is 1220. The van der Waals surface area contributed by atoms with E-state index in [9.17, 15) is 9.59 Å². The van der Waals surface area contributed by atoms with Crippen LogP contribution in [0.4, 0.5) is 0 Å². The summed E-state index contributed by atoms with van der Waals surface area (Å²) in [6.07, 6.45) is 0. The minimum atomic E-state index is -0.729. The van der Waals surface area contributed by atoms with Gasteiger partial charge in [-0.2, -0.15) is 0 Å². The van der Waals surface area contributed by atoms with Crippen LogP contribution >= 0.6 is 0 Å². The summed E-state index contributed by atoms with van der Waals surface area (Å²) in [5, 5.41) is 4.11. The number of carbonyl (C=O) groups is 2. The number of ether oxygens (including phenoxy) is 1. The summed E-state index contributed by atoms with van der Waals surface area (Å²) >= 11 is 0. The van der Waals surface area contributed by atoms with Crippen molar-refractivity contribution in [3.8, 4) is 11.1 Å². The minimum Gasteiger partial charge on any atom is -0.379 e. The summed E-state index contributed by atoms with van der Waals surface area (Å²) in [5.74, 6) is -0.318. The fourth-order valence-electron chi connectivity index (χ4n) is 5.13. The van der Waals surface area contributed by atoms with E-state index in [-0.39, 0.29) is 11.8 Å². The van der Waals surface area contributed by atoms with E-state index in [0.717, 1.165) is 60.4 Å². The number of rotatable bonds is 4. The Morgan fingerprint density at radius 2 is 1.79 bits per heavy atom. The number of morpholine rings is 1. The highest BCUT2D eigenvalue weighted by atomic mass is 16.5. The van der Waals surface area contributed by atoms with Crippen LogP contribution in [0, 0.1) is 0 Å². The molecule has 0 aliphatic carbocycles. The molecule has 1 unspecified atom stereocenters. The SMILES string of the molecule is CC(C)(C)N1C(=O)c2[nH]c3ccccc3c2-c2ccccc2C1C(=O)NCCN1CCOCC1. The van der Waals surface area contributed by atoms with E-state index in [1.54, 1.807) is 4.90 Å². The Labute approximate surface area is 200 Å². The molecule has 0 bridgehead atoms. The first-order valence-electron chi connectivity index (χ1n) is 12.0. The number of hydrogen-bond donors (Lipinski definition) is 2. The number of aromatic amines is 1. The second-order valence-electron chi connectivity index (χ2n) is 10.0. The van der Waals surface area contributed by atoms with Crippen LogP contribution in [0.3, 0.4) is 0 Å². The molecule has 34 heavy (non-hydrogen) atoms. The molecular weight excluding hydrogens is 428 g/mol. The van der Waals surface area contributed by atoms with Crippen molar-refractivity contribution in [1.82, 2.24) is 20.1 Å². The average Bonchev–Trinajstić information content (AvgIpc) is 3.17. The van der Waals surface area contributed by atoms with Crippen LogP contribution in [-0.2, 0) is 9.53 Å². The fraction of sp³-hybridized carbons (Fsp3) is 0.407. The number of amides is 2. The van der Waals surface area contributed by atoms with E-state index in [1.165, 1.54) is 0 Å². The maximum absolute atomic E-state index is 14.1. The first-order chi connectivity index (χ1) is 16.4. The predicted molar refractivity (Wildman–Crippen MR) is 133 cm³/mol. The topological polar surface area (TPSA) is 77.7 Å². The van der Waals surface area contributed by atoms with Gasteiger partial charge in [-0.05, 0) is 38.0 Å². The number of para-hydroxylation sites is 1. The van der Waals surface area contributed by atoms with Crippen molar-refractivity contribution in [3.63, 3.8) is 0 Å². The highest BCUT2D eigenvalue weighted by Gasteiger charge is 2.44. The van der Waals surface area contributed by atoms with Gasteiger partial charge < -0.3 is 19.9 Å². The largest absolute Gasteiger partial charge is 0.379 e. The van der Waals surface area contributed by atoms with Crippen LogP contribution in [0.15, 0.2) is 48.5 Å². The summed E-state index contributed by atoms with van der Waals surface area (Å²) < 4.78 is 5.42. The number of nitrogens with zero attached hydrogens (tertiary/aromatic N) is 2. The lowest BCUT2D eigenvalue weighted by molar-refractivity contribution is -0.127. The van der Waals surface area contributed by atoms with Crippen molar-refractivity contribution in [1.29, 1.82) is 0 Å². The third-order valence-electron chi connectivity index (χ3n) is 6.72. The first-order valence-corrected chi connectivity index (χ1v) is 12.0. The molecule has 1 aromatic heterocycles. The quantitative estimate of drug-likeness (QED) is 0.624. The lowest BCUT2D eigenvalue weighted by Crippen LogP contribution is -2.52. The zero-order chi connectivity index (χ0) is 23.9. The second kappa shape index (κ2) is 8.89. The number of hydrogen-bond acceptors (Lipinski definition) is 4. The lowest BCUT2D eigenvalue weighted by atomic mass is 9.92. The highest BCUT2D eigenvalue weighted by Crippen LogP contribution is 2.44. The molecule has 2 aliphatic rings. The van der Waals surface area contributed by atoms with Crippen molar-refractivity contribution in [2.75, 3.05) is 39.4 Å². The smallest absolute Gasteiger partial charge is 0.272 e. The molecule has 2 aliphatic heterocycles. The highest BCUT2D eigenvalue weighted by molar-refractivity contribution is 6.13. The zero-order valence-corrected chi connectivity index (χ0v) is 20.1. The molecule has 1 atom stereocenters. The molecule has 5 rings (SSSR count). The summed E-state index contributed by atoms with van der Waals surface area (Å²) in [7, 11) is 0. The number of benzene rings is 2. The van der Waals surface area contributed by atoms with E-state index in [4.69, 9.17) is 4.74 Å². The third-order valence-corrected chi connectivity index (χ3v) is 6.72. The Balaban J connectivity index is 1.56. The van der Waals surface area contributed by atoms with Gasteiger partial charge >= 0.3 is 0 Å². The van der Waals surface area contributed by atoms with Gasteiger partial charge in [0.25, 0.3) is 5.91 Å². The van der Waals surface area contributed by atoms with Crippen molar-refractivity contribution in [3.05, 3.63) is 59.8 Å². The number of carbonyl (C=O) groups excluding carboxylic acids is 2. The second-order valence-corrected chi connectivity index (χ2v) is 10.0. The maximum Gasteiger partial charge on any atom is 0.272 e. The van der Waals surface area contributed by atoms with Gasteiger partial charge in [-0.1, -0.05) is 42.5 Å². The van der Waals surface area contributed by atoms with Gasteiger partial charge in [-0.25, -0.2) is 0 Å². The predicted octanol–water partition coefficient (Wildman–Crippen LogP) is 3.58. The van der Waals surface area contributed by atoms with Crippen LogP contribution in [0.5, 0.6) is 0 Å². The monoisotopic (exact) mass is 460 g/mol. The van der Waals surface area contributed by atoms with Crippen molar-refractivity contribution < 1.29 is 14.3 Å².